The van der Waals surface area contributed by atoms with E-state index in [-0.39, 0.29) is 21.9 Å². The van der Waals surface area contributed by atoms with Crippen LogP contribution in [0.5, 0.6) is 0 Å². The Hall–Kier alpha value is -1.43. The van der Waals surface area contributed by atoms with Crippen molar-refractivity contribution in [3.8, 4) is 0 Å². The average molecular weight is 359 g/mol. The topological polar surface area (TPSA) is 49.4 Å². The summed E-state index contributed by atoms with van der Waals surface area (Å²) in [4.78, 5) is 25.8. The molecule has 0 saturated carbocycles. The van der Waals surface area contributed by atoms with Crippen LogP contribution in [-0.2, 0) is 4.79 Å². The van der Waals surface area contributed by atoms with Gasteiger partial charge in [-0.3, -0.25) is 9.59 Å². The molecule has 0 saturated heterocycles. The summed E-state index contributed by atoms with van der Waals surface area (Å²) < 4.78 is 13.6. The van der Waals surface area contributed by atoms with Crippen LogP contribution in [0.2, 0.25) is 0 Å². The van der Waals surface area contributed by atoms with Gasteiger partial charge in [0.25, 0.3) is 5.91 Å². The highest BCUT2D eigenvalue weighted by Crippen LogP contribution is 2.20. The molecule has 0 spiro atoms. The number of hydrogen-bond donors (Lipinski definition) is 1. The van der Waals surface area contributed by atoms with Crippen LogP contribution < -0.4 is 5.32 Å². The van der Waals surface area contributed by atoms with Crippen molar-refractivity contribution in [2.45, 2.75) is 26.3 Å². The van der Waals surface area contributed by atoms with Gasteiger partial charge in [-0.15, -0.1) is 0 Å². The van der Waals surface area contributed by atoms with Crippen molar-refractivity contribution in [3.63, 3.8) is 0 Å². The molecule has 1 rings (SSSR count). The molecule has 1 aromatic rings. The Balaban J connectivity index is 2.95. The summed E-state index contributed by atoms with van der Waals surface area (Å²) in [5.74, 6) is -0.913. The van der Waals surface area contributed by atoms with Crippen molar-refractivity contribution >= 4 is 27.7 Å². The van der Waals surface area contributed by atoms with Gasteiger partial charge < -0.3 is 10.2 Å². The first-order chi connectivity index (χ1) is 9.73. The number of hydrogen-bond acceptors (Lipinski definition) is 2. The van der Waals surface area contributed by atoms with E-state index in [1.165, 1.54) is 23.1 Å². The van der Waals surface area contributed by atoms with E-state index in [1.807, 2.05) is 13.8 Å². The Morgan fingerprint density at radius 1 is 1.33 bits per heavy atom. The van der Waals surface area contributed by atoms with E-state index in [4.69, 9.17) is 0 Å². The molecule has 6 heteroatoms. The quantitative estimate of drug-likeness (QED) is 0.879. The molecule has 1 atom stereocenters. The van der Waals surface area contributed by atoms with Gasteiger partial charge in [-0.2, -0.15) is 0 Å². The molecule has 21 heavy (non-hydrogen) atoms. The molecule has 1 N–H and O–H groups in total. The first-order valence-corrected chi connectivity index (χ1v) is 7.49. The predicted octanol–water partition coefficient (Wildman–Crippen LogP) is 2.82. The van der Waals surface area contributed by atoms with E-state index in [2.05, 4.69) is 21.2 Å². The molecule has 116 valence electrons. The van der Waals surface area contributed by atoms with Crippen molar-refractivity contribution in [1.82, 2.24) is 10.2 Å². The van der Waals surface area contributed by atoms with Crippen LogP contribution in [0.25, 0.3) is 0 Å². The van der Waals surface area contributed by atoms with E-state index in [1.54, 1.807) is 14.1 Å². The minimum atomic E-state index is -0.623. The summed E-state index contributed by atoms with van der Waals surface area (Å²) in [5, 5.41) is 2.69. The summed E-state index contributed by atoms with van der Waals surface area (Å²) in [6, 6.07) is 3.61. The molecule has 4 nitrogen and oxygen atoms in total. The molecule has 2 amide bonds. The summed E-state index contributed by atoms with van der Waals surface area (Å²) >= 11 is 3.06. The number of halogens is 2. The third-order valence-corrected chi connectivity index (χ3v) is 3.75. The lowest BCUT2D eigenvalue weighted by atomic mass is 10.0. The number of likely N-dealkylation sites (N-methyl/N-ethyl adjacent to an activating group) is 1. The highest BCUT2D eigenvalue weighted by molar-refractivity contribution is 9.10. The Labute approximate surface area is 132 Å². The summed E-state index contributed by atoms with van der Waals surface area (Å²) in [6.45, 7) is 3.94. The molecule has 0 aliphatic rings. The second-order valence-corrected chi connectivity index (χ2v) is 6.28. The second-order valence-electron chi connectivity index (χ2n) is 5.49. The number of rotatable bonds is 5. The zero-order valence-electron chi connectivity index (χ0n) is 12.6. The van der Waals surface area contributed by atoms with E-state index in [0.717, 1.165) is 0 Å². The lowest BCUT2D eigenvalue weighted by Crippen LogP contribution is -2.47. The zero-order valence-corrected chi connectivity index (χ0v) is 14.2. The lowest BCUT2D eigenvalue weighted by molar-refractivity contribution is -0.131. The van der Waals surface area contributed by atoms with Gasteiger partial charge in [-0.25, -0.2) is 4.39 Å². The van der Waals surface area contributed by atoms with Gasteiger partial charge in [0, 0.05) is 14.1 Å². The van der Waals surface area contributed by atoms with Crippen molar-refractivity contribution in [3.05, 3.63) is 34.1 Å². The van der Waals surface area contributed by atoms with Crippen LogP contribution in [0, 0.1) is 11.7 Å². The maximum atomic E-state index is 13.5. The Kier molecular flexibility index (Phi) is 6.33. The van der Waals surface area contributed by atoms with E-state index in [9.17, 15) is 14.0 Å². The fourth-order valence-electron chi connectivity index (χ4n) is 1.92. The van der Waals surface area contributed by atoms with E-state index in [0.29, 0.717) is 6.42 Å². The zero-order chi connectivity index (χ0) is 16.2. The molecule has 0 bridgehead atoms. The third kappa shape index (κ3) is 4.81. The maximum Gasteiger partial charge on any atom is 0.253 e. The normalized spacial score (nSPS) is 12.1. The smallest absolute Gasteiger partial charge is 0.253 e. The van der Waals surface area contributed by atoms with Crippen LogP contribution in [0.1, 0.15) is 30.6 Å². The van der Waals surface area contributed by atoms with Crippen molar-refractivity contribution < 1.29 is 14.0 Å². The molecule has 0 radical (unpaired) electrons. The van der Waals surface area contributed by atoms with Crippen LogP contribution in [0.4, 0.5) is 4.39 Å². The Morgan fingerprint density at radius 3 is 2.48 bits per heavy atom. The van der Waals surface area contributed by atoms with Crippen LogP contribution in [0.15, 0.2) is 22.7 Å². The lowest BCUT2D eigenvalue weighted by Gasteiger charge is -2.23. The Bertz CT molecular complexity index is 532. The molecule has 1 aromatic carbocycles. The number of carbonyl (C=O) groups is 2. The maximum absolute atomic E-state index is 13.5. The molecule has 0 aromatic heterocycles. The van der Waals surface area contributed by atoms with Crippen LogP contribution in [-0.4, -0.2) is 36.9 Å². The number of nitrogens with one attached hydrogen (secondary N) is 1. The van der Waals surface area contributed by atoms with E-state index < -0.39 is 17.8 Å². The van der Waals surface area contributed by atoms with Crippen LogP contribution >= 0.6 is 15.9 Å². The van der Waals surface area contributed by atoms with Gasteiger partial charge in [-0.05, 0) is 40.4 Å². The summed E-state index contributed by atoms with van der Waals surface area (Å²) in [5.41, 5.74) is 0.176. The van der Waals surface area contributed by atoms with Gasteiger partial charge in [0.1, 0.15) is 11.9 Å². The number of carbonyl (C=O) groups excluding carboxylic acids is 2. The fraction of sp³-hybridized carbons (Fsp3) is 0.467. The summed E-state index contributed by atoms with van der Waals surface area (Å²) in [6.07, 6.45) is 0.524. The van der Waals surface area contributed by atoms with Crippen molar-refractivity contribution in [2.24, 2.45) is 5.92 Å². The molecular formula is C15H20BrFN2O2. The fourth-order valence-corrected chi connectivity index (χ4v) is 2.36. The minimum Gasteiger partial charge on any atom is -0.347 e. The number of amides is 2. The molecule has 0 aliphatic carbocycles. The minimum absolute atomic E-state index is 0.100. The van der Waals surface area contributed by atoms with Gasteiger partial charge in [0.05, 0.1) is 10.0 Å². The van der Waals surface area contributed by atoms with Crippen molar-refractivity contribution in [1.29, 1.82) is 0 Å². The first kappa shape index (κ1) is 17.6. The van der Waals surface area contributed by atoms with Crippen LogP contribution in [0.3, 0.4) is 0 Å². The standard InChI is InChI=1S/C15H20BrFN2O2/c1-9(2)8-12(15(21)19(3)4)18-14(20)10-6-5-7-11(17)13(10)16/h5-7,9,12H,8H2,1-4H3,(H,18,20). The highest BCUT2D eigenvalue weighted by Gasteiger charge is 2.25. The van der Waals surface area contributed by atoms with Gasteiger partial charge >= 0.3 is 0 Å². The second kappa shape index (κ2) is 7.54. The highest BCUT2D eigenvalue weighted by atomic mass is 79.9. The van der Waals surface area contributed by atoms with Crippen molar-refractivity contribution in [2.75, 3.05) is 14.1 Å². The molecule has 0 heterocycles. The largest absolute Gasteiger partial charge is 0.347 e. The molecule has 0 fully saturated rings. The predicted molar refractivity (Wildman–Crippen MR) is 83.5 cm³/mol. The SMILES string of the molecule is CC(C)CC(NC(=O)c1cccc(F)c1Br)C(=O)N(C)C. The molecule has 1 unspecified atom stereocenters. The monoisotopic (exact) mass is 358 g/mol. The summed E-state index contributed by atoms with van der Waals surface area (Å²) in [7, 11) is 3.28. The van der Waals surface area contributed by atoms with Gasteiger partial charge in [-0.1, -0.05) is 19.9 Å². The van der Waals surface area contributed by atoms with Gasteiger partial charge in [0.2, 0.25) is 5.91 Å². The number of benzene rings is 1. The molecular weight excluding hydrogens is 339 g/mol. The first-order valence-electron chi connectivity index (χ1n) is 6.70. The average Bonchev–Trinajstić information content (AvgIpc) is 2.39. The third-order valence-electron chi connectivity index (χ3n) is 2.95. The van der Waals surface area contributed by atoms with Gasteiger partial charge in [0.15, 0.2) is 0 Å². The van der Waals surface area contributed by atoms with E-state index >= 15 is 0 Å². The Morgan fingerprint density at radius 2 is 1.95 bits per heavy atom. The number of nitrogens with zero attached hydrogens (tertiary/aromatic N) is 1. The molecule has 0 aliphatic heterocycles.